The minimum absolute atomic E-state index is 0.0739. The molecule has 8 heteroatoms. The first-order valence-corrected chi connectivity index (χ1v) is 5.12. The lowest BCUT2D eigenvalue weighted by molar-refractivity contribution is -0.601. The summed E-state index contributed by atoms with van der Waals surface area (Å²) >= 11 is 0. The zero-order chi connectivity index (χ0) is 14.0. The van der Waals surface area contributed by atoms with Crippen LogP contribution in [0.1, 0.15) is 0 Å². The van der Waals surface area contributed by atoms with Gasteiger partial charge in [-0.2, -0.15) is 4.57 Å². The number of nitro groups is 2. The van der Waals surface area contributed by atoms with E-state index in [1.165, 1.54) is 41.2 Å². The Morgan fingerprint density at radius 2 is 1.84 bits per heavy atom. The van der Waals surface area contributed by atoms with Gasteiger partial charge in [0.15, 0.2) is 11.9 Å². The molecule has 0 aliphatic carbocycles. The molecule has 0 spiro atoms. The van der Waals surface area contributed by atoms with Crippen LogP contribution in [0.3, 0.4) is 0 Å². The van der Waals surface area contributed by atoms with Gasteiger partial charge in [0.2, 0.25) is 6.20 Å². The Balaban J connectivity index is 2.63. The molecule has 96 valence electrons. The molecule has 0 saturated heterocycles. The topological polar surface area (TPSA) is 110 Å². The molecule has 0 amide bonds. The number of nitro benzene ring substituents is 2. The van der Waals surface area contributed by atoms with E-state index in [1.807, 2.05) is 0 Å². The molecule has 1 heterocycles. The van der Waals surface area contributed by atoms with Crippen LogP contribution in [0, 0.1) is 20.2 Å². The second-order valence-corrected chi connectivity index (χ2v) is 3.66. The van der Waals surface area contributed by atoms with Crippen LogP contribution in [0.2, 0.25) is 0 Å². The maximum absolute atomic E-state index is 11.0. The second kappa shape index (κ2) is 4.69. The maximum atomic E-state index is 11.0. The van der Waals surface area contributed by atoms with Crippen LogP contribution < -0.4 is 4.57 Å². The summed E-state index contributed by atoms with van der Waals surface area (Å²) in [4.78, 5) is 20.2. The monoisotopic (exact) mass is 262 g/mol. The van der Waals surface area contributed by atoms with Crippen LogP contribution in [-0.2, 0) is 0 Å². The minimum Gasteiger partial charge on any atom is -0.503 e. The quantitative estimate of drug-likeness (QED) is 0.511. The molecule has 19 heavy (non-hydrogen) atoms. The van der Waals surface area contributed by atoms with E-state index in [-0.39, 0.29) is 17.1 Å². The van der Waals surface area contributed by atoms with Gasteiger partial charge >= 0.3 is 5.69 Å². The van der Waals surface area contributed by atoms with Crippen LogP contribution >= 0.6 is 0 Å². The number of aromatic hydroxyl groups is 1. The first-order valence-electron chi connectivity index (χ1n) is 5.12. The molecule has 0 saturated carbocycles. The lowest BCUT2D eigenvalue weighted by atomic mass is 10.2. The third kappa shape index (κ3) is 2.46. The Morgan fingerprint density at radius 1 is 1.11 bits per heavy atom. The second-order valence-electron chi connectivity index (χ2n) is 3.66. The molecule has 2 rings (SSSR count). The van der Waals surface area contributed by atoms with Gasteiger partial charge in [-0.1, -0.05) is 0 Å². The molecule has 1 aromatic heterocycles. The number of nitrogens with zero attached hydrogens (tertiary/aromatic N) is 3. The van der Waals surface area contributed by atoms with Crippen LogP contribution in [0.25, 0.3) is 5.69 Å². The van der Waals surface area contributed by atoms with E-state index in [0.717, 1.165) is 6.07 Å². The predicted molar refractivity (Wildman–Crippen MR) is 62.9 cm³/mol. The van der Waals surface area contributed by atoms with Crippen molar-refractivity contribution in [2.75, 3.05) is 0 Å². The molecule has 0 radical (unpaired) electrons. The first kappa shape index (κ1) is 12.4. The smallest absolute Gasteiger partial charge is 0.347 e. The van der Waals surface area contributed by atoms with E-state index in [4.69, 9.17) is 0 Å². The van der Waals surface area contributed by atoms with Crippen molar-refractivity contribution in [1.82, 2.24) is 0 Å². The molecule has 1 aromatic carbocycles. The van der Waals surface area contributed by atoms with Crippen molar-refractivity contribution in [2.24, 2.45) is 0 Å². The van der Waals surface area contributed by atoms with Crippen molar-refractivity contribution in [3.05, 3.63) is 63.0 Å². The molecule has 1 N–H and O–H groups in total. The average Bonchev–Trinajstić information content (AvgIpc) is 2.37. The highest BCUT2D eigenvalue weighted by Gasteiger charge is 2.26. The molecule has 0 aliphatic heterocycles. The average molecular weight is 262 g/mol. The van der Waals surface area contributed by atoms with E-state index in [1.54, 1.807) is 0 Å². The third-order valence-corrected chi connectivity index (χ3v) is 2.43. The van der Waals surface area contributed by atoms with Gasteiger partial charge in [0.1, 0.15) is 6.07 Å². The number of benzene rings is 1. The molecule has 0 atom stereocenters. The van der Waals surface area contributed by atoms with Gasteiger partial charge in [0.25, 0.3) is 11.4 Å². The highest BCUT2D eigenvalue weighted by atomic mass is 16.6. The predicted octanol–water partition coefficient (Wildman–Crippen LogP) is 1.49. The summed E-state index contributed by atoms with van der Waals surface area (Å²) in [5.41, 5.74) is -0.646. The summed E-state index contributed by atoms with van der Waals surface area (Å²) < 4.78 is 1.32. The Kier molecular flexibility index (Phi) is 3.06. The van der Waals surface area contributed by atoms with Gasteiger partial charge in [-0.15, -0.1) is 0 Å². The van der Waals surface area contributed by atoms with E-state index in [2.05, 4.69) is 0 Å². The van der Waals surface area contributed by atoms with E-state index in [0.29, 0.717) is 0 Å². The number of hydrogen-bond acceptors (Lipinski definition) is 5. The highest BCUT2D eigenvalue weighted by Crippen LogP contribution is 2.24. The summed E-state index contributed by atoms with van der Waals surface area (Å²) in [6, 6.07) is 6.22. The van der Waals surface area contributed by atoms with Crippen LogP contribution in [-0.4, -0.2) is 15.0 Å². The summed E-state index contributed by atoms with van der Waals surface area (Å²) in [5, 5.41) is 30.9. The number of non-ortho nitro benzene ring substituents is 1. The Hall–Kier alpha value is -3.03. The van der Waals surface area contributed by atoms with Crippen LogP contribution in [0.4, 0.5) is 11.4 Å². The Morgan fingerprint density at radius 3 is 2.42 bits per heavy atom. The van der Waals surface area contributed by atoms with Crippen molar-refractivity contribution in [3.8, 4) is 11.4 Å². The van der Waals surface area contributed by atoms with Crippen LogP contribution in [0.5, 0.6) is 5.75 Å². The van der Waals surface area contributed by atoms with E-state index < -0.39 is 15.5 Å². The summed E-state index contributed by atoms with van der Waals surface area (Å²) in [7, 11) is 0. The zero-order valence-electron chi connectivity index (χ0n) is 9.46. The molecule has 0 fully saturated rings. The maximum Gasteiger partial charge on any atom is 0.347 e. The fraction of sp³-hybridized carbons (Fsp3) is 0. The molecule has 2 aromatic rings. The fourth-order valence-electron chi connectivity index (χ4n) is 1.60. The SMILES string of the molecule is O=[N+]([O-])c1ccc(-[n+]2cccc(O)c2)c([N+](=O)[O-])c1. The van der Waals surface area contributed by atoms with Crippen molar-refractivity contribution < 1.29 is 19.5 Å². The molecule has 0 unspecified atom stereocenters. The highest BCUT2D eigenvalue weighted by molar-refractivity contribution is 5.53. The number of rotatable bonds is 3. The minimum atomic E-state index is -0.709. The zero-order valence-corrected chi connectivity index (χ0v) is 9.46. The third-order valence-electron chi connectivity index (χ3n) is 2.43. The summed E-state index contributed by atoms with van der Waals surface area (Å²) in [6.07, 6.45) is 2.77. The van der Waals surface area contributed by atoms with Gasteiger partial charge in [-0.3, -0.25) is 20.2 Å². The Labute approximate surface area is 106 Å². The molecule has 0 bridgehead atoms. The lowest BCUT2D eigenvalue weighted by Gasteiger charge is -1.98. The van der Waals surface area contributed by atoms with E-state index in [9.17, 15) is 25.3 Å². The van der Waals surface area contributed by atoms with Gasteiger partial charge in [-0.05, 0) is 6.07 Å². The van der Waals surface area contributed by atoms with Crippen molar-refractivity contribution in [3.63, 3.8) is 0 Å². The van der Waals surface area contributed by atoms with Gasteiger partial charge in [-0.25, -0.2) is 0 Å². The normalized spacial score (nSPS) is 10.1. The fourth-order valence-corrected chi connectivity index (χ4v) is 1.60. The number of aromatic nitrogens is 1. The largest absolute Gasteiger partial charge is 0.503 e. The molecular weight excluding hydrogens is 254 g/mol. The lowest BCUT2D eigenvalue weighted by Crippen LogP contribution is -2.30. The standard InChI is InChI=1S/C11H7N3O5/c15-9-2-1-5-12(7-9)10-4-3-8(13(16)17)6-11(10)14(18)19/h1-7H/p+1. The van der Waals surface area contributed by atoms with Crippen LogP contribution in [0.15, 0.2) is 42.7 Å². The molecular formula is C11H8N3O5+. The Bertz CT molecular complexity index is 671. The van der Waals surface area contributed by atoms with Gasteiger partial charge in [0.05, 0.1) is 9.85 Å². The summed E-state index contributed by atoms with van der Waals surface area (Å²) in [5.74, 6) is -0.0739. The summed E-state index contributed by atoms with van der Waals surface area (Å²) in [6.45, 7) is 0. The molecule has 0 aliphatic rings. The van der Waals surface area contributed by atoms with Gasteiger partial charge in [0, 0.05) is 18.2 Å². The number of hydrogen-bond donors (Lipinski definition) is 1. The van der Waals surface area contributed by atoms with E-state index >= 15 is 0 Å². The number of pyridine rings is 1. The van der Waals surface area contributed by atoms with Gasteiger partial charge < -0.3 is 5.11 Å². The first-order chi connectivity index (χ1) is 8.99. The van der Waals surface area contributed by atoms with Crippen molar-refractivity contribution >= 4 is 11.4 Å². The van der Waals surface area contributed by atoms with Crippen molar-refractivity contribution in [1.29, 1.82) is 0 Å². The van der Waals surface area contributed by atoms with Crippen molar-refractivity contribution in [2.45, 2.75) is 0 Å². The molecule has 8 nitrogen and oxygen atoms in total.